The molecule has 1 aliphatic rings. The number of amides is 2. The fourth-order valence-corrected chi connectivity index (χ4v) is 3.56. The summed E-state index contributed by atoms with van der Waals surface area (Å²) in [6.45, 7) is 1.97. The summed E-state index contributed by atoms with van der Waals surface area (Å²) in [4.78, 5) is 24.0. The number of aliphatic hydroxyl groups excluding tert-OH is 1. The molecule has 2 amide bonds. The summed E-state index contributed by atoms with van der Waals surface area (Å²) in [6.07, 6.45) is 1.07. The van der Waals surface area contributed by atoms with Gasteiger partial charge in [-0.3, -0.25) is 9.89 Å². The van der Waals surface area contributed by atoms with Crippen LogP contribution in [0.25, 0.3) is 0 Å². The molecule has 1 heterocycles. The molecule has 0 bridgehead atoms. The van der Waals surface area contributed by atoms with Crippen LogP contribution in [0.2, 0.25) is 0 Å². The van der Waals surface area contributed by atoms with Gasteiger partial charge in [0.25, 0.3) is 0 Å². The topological polar surface area (TPSA) is 116 Å². The summed E-state index contributed by atoms with van der Waals surface area (Å²) in [7, 11) is 0. The van der Waals surface area contributed by atoms with E-state index in [0.717, 1.165) is 30.3 Å². The van der Waals surface area contributed by atoms with Crippen LogP contribution in [0.3, 0.4) is 0 Å². The van der Waals surface area contributed by atoms with Gasteiger partial charge < -0.3 is 20.5 Å². The van der Waals surface area contributed by atoms with Crippen LogP contribution in [-0.2, 0) is 16.0 Å². The van der Waals surface area contributed by atoms with Gasteiger partial charge in [-0.05, 0) is 43.4 Å². The lowest BCUT2D eigenvalue weighted by Crippen LogP contribution is -2.34. The quantitative estimate of drug-likeness (QED) is 0.508. The molecule has 0 saturated heterocycles. The van der Waals surface area contributed by atoms with E-state index in [9.17, 15) is 23.5 Å². The third kappa shape index (κ3) is 6.74. The molecular weight excluding hydrogens is 410 g/mol. The van der Waals surface area contributed by atoms with Crippen LogP contribution >= 0.6 is 0 Å². The lowest BCUT2D eigenvalue weighted by atomic mass is 10.0. The minimum atomic E-state index is -0.738. The first kappa shape index (κ1) is 22.7. The third-order valence-electron chi connectivity index (χ3n) is 5.20. The van der Waals surface area contributed by atoms with E-state index < -0.39 is 29.7 Å². The molecule has 8 nitrogen and oxygen atoms in total. The summed E-state index contributed by atoms with van der Waals surface area (Å²) in [5.41, 5.74) is 1.03. The fourth-order valence-electron chi connectivity index (χ4n) is 3.56. The maximum atomic E-state index is 13.3. The summed E-state index contributed by atoms with van der Waals surface area (Å²) >= 11 is 0. The number of benzene rings is 1. The fraction of sp³-hybridized carbons (Fsp3) is 0.476. The van der Waals surface area contributed by atoms with Crippen molar-refractivity contribution in [3.63, 3.8) is 0 Å². The second-order valence-corrected chi connectivity index (χ2v) is 7.69. The molecule has 168 valence electrons. The first-order valence-corrected chi connectivity index (χ1v) is 10.2. The molecule has 0 aliphatic heterocycles. The number of rotatable bonds is 8. The number of nitrogens with zero attached hydrogens (tertiary/aromatic N) is 1. The van der Waals surface area contributed by atoms with E-state index in [0.29, 0.717) is 25.1 Å². The molecule has 1 unspecified atom stereocenters. The summed E-state index contributed by atoms with van der Waals surface area (Å²) < 4.78 is 31.9. The van der Waals surface area contributed by atoms with Crippen molar-refractivity contribution in [3.8, 4) is 0 Å². The van der Waals surface area contributed by atoms with Crippen molar-refractivity contribution in [2.24, 2.45) is 0 Å². The van der Waals surface area contributed by atoms with Gasteiger partial charge in [-0.1, -0.05) is 6.92 Å². The number of H-pyrrole nitrogens is 1. The first-order chi connectivity index (χ1) is 14.8. The lowest BCUT2D eigenvalue weighted by Gasteiger charge is -2.14. The van der Waals surface area contributed by atoms with Gasteiger partial charge in [0.15, 0.2) is 5.82 Å². The molecule has 0 radical (unpaired) electrons. The van der Waals surface area contributed by atoms with Gasteiger partial charge in [0.1, 0.15) is 17.7 Å². The molecule has 10 heteroatoms. The van der Waals surface area contributed by atoms with Gasteiger partial charge in [-0.15, -0.1) is 0 Å². The SMILES string of the molecule is CCC(O)CNC(=O)O[C@@H]1CC[C@H](c2cc(NC(=O)Cc3cc(F)cc(F)c3)n[nH]2)C1. The normalized spacial score (nSPS) is 19.1. The predicted octanol–water partition coefficient (Wildman–Crippen LogP) is 3.00. The second kappa shape index (κ2) is 10.3. The van der Waals surface area contributed by atoms with Gasteiger partial charge in [0, 0.05) is 30.3 Å². The van der Waals surface area contributed by atoms with E-state index in [1.165, 1.54) is 0 Å². The highest BCUT2D eigenvalue weighted by Gasteiger charge is 2.30. The van der Waals surface area contributed by atoms with Crippen LogP contribution in [0.5, 0.6) is 0 Å². The number of anilines is 1. The molecule has 1 aliphatic carbocycles. The molecule has 1 saturated carbocycles. The monoisotopic (exact) mass is 436 g/mol. The zero-order chi connectivity index (χ0) is 22.4. The number of alkyl carbamates (subject to hydrolysis) is 1. The van der Waals surface area contributed by atoms with Crippen molar-refractivity contribution in [2.45, 2.75) is 57.2 Å². The highest BCUT2D eigenvalue weighted by atomic mass is 19.1. The number of aromatic nitrogens is 2. The number of hydrogen-bond acceptors (Lipinski definition) is 5. The van der Waals surface area contributed by atoms with Crippen molar-refractivity contribution < 1.29 is 28.2 Å². The predicted molar refractivity (Wildman–Crippen MR) is 108 cm³/mol. The Balaban J connectivity index is 1.47. The van der Waals surface area contributed by atoms with E-state index in [1.807, 2.05) is 6.92 Å². The van der Waals surface area contributed by atoms with E-state index in [4.69, 9.17) is 4.74 Å². The van der Waals surface area contributed by atoms with Crippen LogP contribution in [0, 0.1) is 11.6 Å². The lowest BCUT2D eigenvalue weighted by molar-refractivity contribution is -0.115. The zero-order valence-corrected chi connectivity index (χ0v) is 17.2. The van der Waals surface area contributed by atoms with Gasteiger partial charge in [-0.2, -0.15) is 5.10 Å². The van der Waals surface area contributed by atoms with E-state index >= 15 is 0 Å². The molecule has 31 heavy (non-hydrogen) atoms. The van der Waals surface area contributed by atoms with Crippen molar-refractivity contribution in [3.05, 3.63) is 47.2 Å². The summed E-state index contributed by atoms with van der Waals surface area (Å²) in [6, 6.07) is 4.67. The number of hydrogen-bond donors (Lipinski definition) is 4. The van der Waals surface area contributed by atoms with Crippen molar-refractivity contribution in [1.82, 2.24) is 15.5 Å². The number of carbonyl (C=O) groups is 2. The first-order valence-electron chi connectivity index (χ1n) is 10.2. The van der Waals surface area contributed by atoms with Crippen LogP contribution in [0.1, 0.15) is 49.8 Å². The standard InChI is InChI=1S/C21H26F2N4O4/c1-2-16(28)11-24-21(30)31-17-4-3-13(8-17)18-10-19(27-26-18)25-20(29)7-12-5-14(22)9-15(23)6-12/h5-6,9-10,13,16-17,28H,2-4,7-8,11H2,1H3,(H,24,30)(H2,25,26,27,29)/t13-,16?,17+/m0/s1. The van der Waals surface area contributed by atoms with Crippen molar-refractivity contribution in [2.75, 3.05) is 11.9 Å². The summed E-state index contributed by atoms with van der Waals surface area (Å²) in [5, 5.41) is 21.6. The number of halogens is 2. The molecule has 0 spiro atoms. The van der Waals surface area contributed by atoms with Gasteiger partial charge in [0.2, 0.25) is 5.91 Å². The molecule has 3 atom stereocenters. The Hall–Kier alpha value is -3.01. The molecule has 3 rings (SSSR count). The average Bonchev–Trinajstić information content (AvgIpc) is 3.34. The Morgan fingerprint density at radius 1 is 1.26 bits per heavy atom. The molecule has 2 aromatic rings. The van der Waals surface area contributed by atoms with E-state index in [-0.39, 0.29) is 30.6 Å². The maximum absolute atomic E-state index is 13.3. The minimum absolute atomic E-state index is 0.0921. The second-order valence-electron chi connectivity index (χ2n) is 7.69. The van der Waals surface area contributed by atoms with Crippen molar-refractivity contribution in [1.29, 1.82) is 0 Å². The Bertz CT molecular complexity index is 900. The smallest absolute Gasteiger partial charge is 0.407 e. The number of aromatic amines is 1. The number of carbonyl (C=O) groups excluding carboxylic acids is 2. The maximum Gasteiger partial charge on any atom is 0.407 e. The van der Waals surface area contributed by atoms with E-state index in [2.05, 4.69) is 20.8 Å². The highest BCUT2D eigenvalue weighted by molar-refractivity contribution is 5.91. The molecule has 4 N–H and O–H groups in total. The number of aliphatic hydroxyl groups is 1. The third-order valence-corrected chi connectivity index (χ3v) is 5.20. The van der Waals surface area contributed by atoms with Gasteiger partial charge in [-0.25, -0.2) is 13.6 Å². The largest absolute Gasteiger partial charge is 0.446 e. The molecule has 1 aromatic heterocycles. The Kier molecular flexibility index (Phi) is 7.56. The van der Waals surface area contributed by atoms with Crippen molar-refractivity contribution >= 4 is 17.8 Å². The van der Waals surface area contributed by atoms with Gasteiger partial charge >= 0.3 is 6.09 Å². The Morgan fingerprint density at radius 3 is 2.71 bits per heavy atom. The van der Waals surface area contributed by atoms with Crippen LogP contribution in [0.15, 0.2) is 24.3 Å². The van der Waals surface area contributed by atoms with Crippen LogP contribution < -0.4 is 10.6 Å². The number of nitrogens with one attached hydrogen (secondary N) is 3. The van der Waals surface area contributed by atoms with Gasteiger partial charge in [0.05, 0.1) is 12.5 Å². The van der Waals surface area contributed by atoms with Crippen LogP contribution in [0.4, 0.5) is 19.4 Å². The zero-order valence-electron chi connectivity index (χ0n) is 17.2. The number of ether oxygens (including phenoxy) is 1. The van der Waals surface area contributed by atoms with Crippen LogP contribution in [-0.4, -0.2) is 46.1 Å². The average molecular weight is 436 g/mol. The molecule has 1 aromatic carbocycles. The summed E-state index contributed by atoms with van der Waals surface area (Å²) in [5.74, 6) is -1.51. The molecular formula is C21H26F2N4O4. The Morgan fingerprint density at radius 2 is 2.00 bits per heavy atom. The molecule has 1 fully saturated rings. The minimum Gasteiger partial charge on any atom is -0.446 e. The van der Waals surface area contributed by atoms with E-state index in [1.54, 1.807) is 6.07 Å². The Labute approximate surface area is 178 Å². The highest BCUT2D eigenvalue weighted by Crippen LogP contribution is 2.35.